The van der Waals surface area contributed by atoms with E-state index in [1.807, 2.05) is 36.5 Å². The van der Waals surface area contributed by atoms with E-state index in [-0.39, 0.29) is 0 Å². The van der Waals surface area contributed by atoms with Gasteiger partial charge in [-0.15, -0.1) is 0 Å². The summed E-state index contributed by atoms with van der Waals surface area (Å²) in [5.41, 5.74) is 1.96. The van der Waals surface area contributed by atoms with Crippen LogP contribution in [0.15, 0.2) is 47.1 Å². The Morgan fingerprint density at radius 2 is 2.00 bits per heavy atom. The highest BCUT2D eigenvalue weighted by molar-refractivity contribution is 5.55. The first-order valence-corrected chi connectivity index (χ1v) is 10.2. The third kappa shape index (κ3) is 3.82. The molecule has 4 heterocycles. The smallest absolute Gasteiger partial charge is 0.259 e. The maximum absolute atomic E-state index is 5.46. The summed E-state index contributed by atoms with van der Waals surface area (Å²) in [5.74, 6) is 3.03. The van der Waals surface area contributed by atoms with Crippen molar-refractivity contribution in [2.75, 3.05) is 38.2 Å². The number of methoxy groups -OCH3 is 1. The largest absolute Gasteiger partial charge is 0.497 e. The quantitative estimate of drug-likeness (QED) is 0.662. The Balaban J connectivity index is 1.25. The second-order valence-corrected chi connectivity index (χ2v) is 7.72. The Bertz CT molecular complexity index is 954. The molecule has 0 saturated carbocycles. The third-order valence-corrected chi connectivity index (χ3v) is 5.90. The summed E-state index contributed by atoms with van der Waals surface area (Å²) in [4.78, 5) is 14.2. The van der Waals surface area contributed by atoms with Gasteiger partial charge >= 0.3 is 0 Å². The summed E-state index contributed by atoms with van der Waals surface area (Å²) >= 11 is 0. The lowest BCUT2D eigenvalue weighted by atomic mass is 10.1. The van der Waals surface area contributed by atoms with Crippen molar-refractivity contribution in [3.05, 3.63) is 54.0 Å². The Morgan fingerprint density at radius 1 is 1.10 bits per heavy atom. The van der Waals surface area contributed by atoms with Crippen LogP contribution in [0.4, 0.5) is 5.82 Å². The number of rotatable bonds is 5. The summed E-state index contributed by atoms with van der Waals surface area (Å²) < 4.78 is 10.7. The molecular weight excluding hydrogens is 366 g/mol. The molecule has 7 nitrogen and oxygen atoms in total. The molecule has 0 spiro atoms. The molecule has 0 bridgehead atoms. The van der Waals surface area contributed by atoms with Crippen LogP contribution in [0.2, 0.25) is 0 Å². The van der Waals surface area contributed by atoms with E-state index < -0.39 is 0 Å². The van der Waals surface area contributed by atoms with Crippen LogP contribution in [0.3, 0.4) is 0 Å². The molecule has 0 aliphatic carbocycles. The van der Waals surface area contributed by atoms with Crippen molar-refractivity contribution in [2.24, 2.45) is 0 Å². The minimum atomic E-state index is 0.508. The summed E-state index contributed by atoms with van der Waals surface area (Å²) in [6, 6.07) is 12.7. The lowest BCUT2D eigenvalue weighted by Gasteiger charge is -2.38. The van der Waals surface area contributed by atoms with Gasteiger partial charge in [-0.25, -0.2) is 4.98 Å². The van der Waals surface area contributed by atoms with Crippen LogP contribution >= 0.6 is 0 Å². The molecule has 5 rings (SSSR count). The summed E-state index contributed by atoms with van der Waals surface area (Å²) in [7, 11) is 1.66. The van der Waals surface area contributed by atoms with E-state index in [4.69, 9.17) is 9.26 Å². The average Bonchev–Trinajstić information content (AvgIpc) is 3.43. The highest BCUT2D eigenvalue weighted by atomic mass is 16.5. The number of pyridine rings is 1. The zero-order valence-corrected chi connectivity index (χ0v) is 16.6. The lowest BCUT2D eigenvalue weighted by Crippen LogP contribution is -2.50. The van der Waals surface area contributed by atoms with Gasteiger partial charge in [-0.2, -0.15) is 4.98 Å². The molecule has 0 radical (unpaired) electrons. The Kier molecular flexibility index (Phi) is 4.89. The molecule has 1 aromatic carbocycles. The number of benzene rings is 1. The van der Waals surface area contributed by atoms with E-state index in [2.05, 4.69) is 31.0 Å². The van der Waals surface area contributed by atoms with Crippen LogP contribution in [0.1, 0.15) is 24.2 Å². The predicted octanol–water partition coefficient (Wildman–Crippen LogP) is 3.02. The van der Waals surface area contributed by atoms with Crippen molar-refractivity contribution in [2.45, 2.75) is 25.3 Å². The van der Waals surface area contributed by atoms with Gasteiger partial charge in [0.2, 0.25) is 0 Å². The Morgan fingerprint density at radius 3 is 2.79 bits per heavy atom. The maximum atomic E-state index is 5.46. The van der Waals surface area contributed by atoms with Crippen LogP contribution < -0.4 is 9.64 Å². The fourth-order valence-corrected chi connectivity index (χ4v) is 4.27. The van der Waals surface area contributed by atoms with Gasteiger partial charge in [0.25, 0.3) is 5.89 Å². The average molecular weight is 391 g/mol. The molecule has 2 fully saturated rings. The molecule has 1 atom stereocenters. The van der Waals surface area contributed by atoms with Crippen LogP contribution in [-0.2, 0) is 6.42 Å². The van der Waals surface area contributed by atoms with Crippen molar-refractivity contribution in [1.29, 1.82) is 0 Å². The SMILES string of the molecule is COc1ccc(Cc2noc(-c3ccc(N4CCN5CCC[C@@H]5C4)nc3)n2)cc1. The molecule has 150 valence electrons. The lowest BCUT2D eigenvalue weighted by molar-refractivity contribution is 0.230. The molecular formula is C22H25N5O2. The fraction of sp³-hybridized carbons (Fsp3) is 0.409. The molecule has 7 heteroatoms. The van der Waals surface area contributed by atoms with Gasteiger partial charge in [-0.3, -0.25) is 4.90 Å². The molecule has 0 amide bonds. The zero-order valence-electron chi connectivity index (χ0n) is 16.6. The fourth-order valence-electron chi connectivity index (χ4n) is 4.27. The van der Waals surface area contributed by atoms with E-state index in [0.717, 1.165) is 42.3 Å². The number of fused-ring (bicyclic) bond motifs is 1. The van der Waals surface area contributed by atoms with E-state index in [1.54, 1.807) is 7.11 Å². The van der Waals surface area contributed by atoms with Gasteiger partial charge in [-0.1, -0.05) is 17.3 Å². The van der Waals surface area contributed by atoms with Crippen LogP contribution in [0, 0.1) is 0 Å². The number of hydrogen-bond acceptors (Lipinski definition) is 7. The van der Waals surface area contributed by atoms with E-state index in [1.165, 1.54) is 19.4 Å². The Labute approximate surface area is 170 Å². The number of piperazine rings is 1. The minimum absolute atomic E-state index is 0.508. The molecule has 0 unspecified atom stereocenters. The van der Waals surface area contributed by atoms with Crippen molar-refractivity contribution in [3.8, 4) is 17.2 Å². The van der Waals surface area contributed by atoms with E-state index in [0.29, 0.717) is 24.2 Å². The van der Waals surface area contributed by atoms with Gasteiger partial charge in [0.15, 0.2) is 5.82 Å². The predicted molar refractivity (Wildman–Crippen MR) is 110 cm³/mol. The van der Waals surface area contributed by atoms with Gasteiger partial charge in [-0.05, 0) is 49.2 Å². The molecule has 2 aliphatic heterocycles. The highest BCUT2D eigenvalue weighted by Crippen LogP contribution is 2.26. The van der Waals surface area contributed by atoms with E-state index in [9.17, 15) is 0 Å². The monoisotopic (exact) mass is 391 g/mol. The second-order valence-electron chi connectivity index (χ2n) is 7.72. The summed E-state index contributed by atoms with van der Waals surface area (Å²) in [6.45, 7) is 4.49. The van der Waals surface area contributed by atoms with Crippen molar-refractivity contribution < 1.29 is 9.26 Å². The topological polar surface area (TPSA) is 67.5 Å². The summed E-state index contributed by atoms with van der Waals surface area (Å²) in [6.07, 6.45) is 5.07. The van der Waals surface area contributed by atoms with Crippen LogP contribution in [0.25, 0.3) is 11.5 Å². The van der Waals surface area contributed by atoms with Crippen molar-refractivity contribution in [1.82, 2.24) is 20.0 Å². The molecule has 2 saturated heterocycles. The van der Waals surface area contributed by atoms with Crippen molar-refractivity contribution >= 4 is 5.82 Å². The van der Waals surface area contributed by atoms with Crippen LogP contribution in [0.5, 0.6) is 5.75 Å². The first-order valence-electron chi connectivity index (χ1n) is 10.2. The molecule has 2 aromatic heterocycles. The van der Waals surface area contributed by atoms with E-state index >= 15 is 0 Å². The standard InChI is InChI=1S/C22H25N5O2/c1-28-19-7-4-16(5-8-19)13-20-24-22(29-25-20)17-6-9-21(23-14-17)27-12-11-26-10-2-3-18(26)15-27/h4-9,14,18H,2-3,10-13,15H2,1H3/t18-/m1/s1. The number of anilines is 1. The van der Waals surface area contributed by atoms with Gasteiger partial charge in [0, 0.05) is 38.3 Å². The molecule has 29 heavy (non-hydrogen) atoms. The second kappa shape index (κ2) is 7.83. The maximum Gasteiger partial charge on any atom is 0.259 e. The highest BCUT2D eigenvalue weighted by Gasteiger charge is 2.30. The van der Waals surface area contributed by atoms with Gasteiger partial charge in [0.05, 0.1) is 12.7 Å². The van der Waals surface area contributed by atoms with Gasteiger partial charge in [0.1, 0.15) is 11.6 Å². The number of ether oxygens (including phenoxy) is 1. The van der Waals surface area contributed by atoms with Crippen LogP contribution in [-0.4, -0.2) is 59.4 Å². The number of nitrogens with zero attached hydrogens (tertiary/aromatic N) is 5. The number of aromatic nitrogens is 3. The van der Waals surface area contributed by atoms with Gasteiger partial charge < -0.3 is 14.2 Å². The molecule has 2 aliphatic rings. The van der Waals surface area contributed by atoms with Crippen molar-refractivity contribution in [3.63, 3.8) is 0 Å². The molecule has 0 N–H and O–H groups in total. The minimum Gasteiger partial charge on any atom is -0.497 e. The number of hydrogen-bond donors (Lipinski definition) is 0. The molecule has 3 aromatic rings. The first-order chi connectivity index (χ1) is 14.3. The zero-order chi connectivity index (χ0) is 19.6. The first kappa shape index (κ1) is 18.1. The third-order valence-electron chi connectivity index (χ3n) is 5.90. The normalized spacial score (nSPS) is 19.3. The Hall–Kier alpha value is -2.93. The summed E-state index contributed by atoms with van der Waals surface area (Å²) in [5, 5.41) is 4.12.